The molecule has 0 saturated carbocycles. The van der Waals surface area contributed by atoms with E-state index in [1.807, 2.05) is 36.4 Å². The van der Waals surface area contributed by atoms with Gasteiger partial charge in [0.05, 0.1) is 0 Å². The van der Waals surface area contributed by atoms with Crippen molar-refractivity contribution in [3.63, 3.8) is 0 Å². The van der Waals surface area contributed by atoms with Crippen LogP contribution in [0.4, 0.5) is 0 Å². The van der Waals surface area contributed by atoms with Crippen molar-refractivity contribution in [1.29, 1.82) is 0 Å². The van der Waals surface area contributed by atoms with Crippen molar-refractivity contribution in [3.8, 4) is 0 Å². The van der Waals surface area contributed by atoms with E-state index in [0.717, 1.165) is 24.0 Å². The van der Waals surface area contributed by atoms with Crippen LogP contribution in [-0.4, -0.2) is 5.11 Å². The first-order valence-electron chi connectivity index (χ1n) is 7.23. The van der Waals surface area contributed by atoms with E-state index in [0.29, 0.717) is 6.42 Å². The molecular weight excluding hydrogens is 246 g/mol. The third-order valence-electron chi connectivity index (χ3n) is 3.77. The molecule has 2 aromatic rings. The van der Waals surface area contributed by atoms with Crippen molar-refractivity contribution in [1.82, 2.24) is 0 Å². The van der Waals surface area contributed by atoms with Gasteiger partial charge in [-0.05, 0) is 35.1 Å². The molecule has 0 aliphatic heterocycles. The van der Waals surface area contributed by atoms with Crippen LogP contribution < -0.4 is 5.73 Å². The highest BCUT2D eigenvalue weighted by Gasteiger charge is 2.24. The smallest absolute Gasteiger partial charge is 0.143 e. The first-order valence-corrected chi connectivity index (χ1v) is 7.23. The quantitative estimate of drug-likeness (QED) is 0.819. The zero-order chi connectivity index (χ0) is 14.6. The van der Waals surface area contributed by atoms with Crippen molar-refractivity contribution in [2.75, 3.05) is 0 Å². The molecule has 0 saturated heterocycles. The van der Waals surface area contributed by atoms with Gasteiger partial charge in [-0.3, -0.25) is 5.73 Å². The Morgan fingerprint density at radius 2 is 1.20 bits per heavy atom. The molecule has 0 spiro atoms. The predicted octanol–water partition coefficient (Wildman–Crippen LogP) is 3.16. The Labute approximate surface area is 121 Å². The van der Waals surface area contributed by atoms with Gasteiger partial charge in [-0.15, -0.1) is 0 Å². The zero-order valence-corrected chi connectivity index (χ0v) is 12.3. The average molecular weight is 269 g/mol. The second kappa shape index (κ2) is 6.21. The van der Waals surface area contributed by atoms with Gasteiger partial charge in [0.25, 0.3) is 0 Å². The van der Waals surface area contributed by atoms with E-state index < -0.39 is 5.72 Å². The van der Waals surface area contributed by atoms with Crippen LogP contribution in [0.25, 0.3) is 0 Å². The molecule has 2 aromatic carbocycles. The minimum atomic E-state index is -1.32. The number of nitrogens with two attached hydrogens (primary N) is 1. The summed E-state index contributed by atoms with van der Waals surface area (Å²) in [6.45, 7) is 4.24. The number of hydrogen-bond acceptors (Lipinski definition) is 2. The minimum Gasteiger partial charge on any atom is -0.371 e. The van der Waals surface area contributed by atoms with Crippen LogP contribution in [0.15, 0.2) is 48.5 Å². The fourth-order valence-corrected chi connectivity index (χ4v) is 2.34. The topological polar surface area (TPSA) is 46.2 Å². The Morgan fingerprint density at radius 3 is 1.65 bits per heavy atom. The molecule has 0 aliphatic rings. The number of rotatable bonds is 5. The molecule has 0 amide bonds. The van der Waals surface area contributed by atoms with Crippen LogP contribution in [0.1, 0.15) is 36.1 Å². The fraction of sp³-hybridized carbons (Fsp3) is 0.333. The summed E-state index contributed by atoms with van der Waals surface area (Å²) in [7, 11) is 0. The van der Waals surface area contributed by atoms with Gasteiger partial charge in [0.1, 0.15) is 5.72 Å². The highest BCUT2D eigenvalue weighted by molar-refractivity contribution is 5.30. The molecule has 3 N–H and O–H groups in total. The Bertz CT molecular complexity index is 541. The van der Waals surface area contributed by atoms with Crippen LogP contribution in [0.5, 0.6) is 0 Å². The van der Waals surface area contributed by atoms with E-state index in [-0.39, 0.29) is 0 Å². The maximum absolute atomic E-state index is 10.5. The number of aryl methyl sites for hydroxylation is 2. The molecule has 0 aromatic heterocycles. The molecule has 0 heterocycles. The third-order valence-corrected chi connectivity index (χ3v) is 3.77. The number of hydrogen-bond donors (Lipinski definition) is 2. The van der Waals surface area contributed by atoms with E-state index in [4.69, 9.17) is 5.73 Å². The summed E-state index contributed by atoms with van der Waals surface area (Å²) in [6.07, 6.45) is 2.43. The van der Waals surface area contributed by atoms with E-state index in [1.54, 1.807) is 0 Å². The standard InChI is InChI=1S/C18H23NO/c1-3-14-5-7-16(8-6-14)13-18(19,20)17-11-9-15(4-2)10-12-17/h5-12,20H,3-4,13,19H2,1-2H3. The lowest BCUT2D eigenvalue weighted by molar-refractivity contribution is 0.0439. The van der Waals surface area contributed by atoms with Gasteiger partial charge in [-0.1, -0.05) is 62.4 Å². The Kier molecular flexibility index (Phi) is 4.58. The van der Waals surface area contributed by atoms with Crippen molar-refractivity contribution in [2.24, 2.45) is 5.73 Å². The lowest BCUT2D eigenvalue weighted by Gasteiger charge is -2.24. The summed E-state index contributed by atoms with van der Waals surface area (Å²) in [6, 6.07) is 16.1. The summed E-state index contributed by atoms with van der Waals surface area (Å²) >= 11 is 0. The van der Waals surface area contributed by atoms with Gasteiger partial charge in [0.2, 0.25) is 0 Å². The third kappa shape index (κ3) is 3.47. The van der Waals surface area contributed by atoms with E-state index in [1.165, 1.54) is 11.1 Å². The Morgan fingerprint density at radius 1 is 0.800 bits per heavy atom. The van der Waals surface area contributed by atoms with Gasteiger partial charge < -0.3 is 5.11 Å². The monoisotopic (exact) mass is 269 g/mol. The van der Waals surface area contributed by atoms with Gasteiger partial charge in [-0.2, -0.15) is 0 Å². The lowest BCUT2D eigenvalue weighted by Crippen LogP contribution is -2.38. The second-order valence-corrected chi connectivity index (χ2v) is 5.32. The average Bonchev–Trinajstić information content (AvgIpc) is 2.48. The molecule has 2 nitrogen and oxygen atoms in total. The molecule has 0 aliphatic carbocycles. The molecule has 2 heteroatoms. The summed E-state index contributed by atoms with van der Waals surface area (Å²) < 4.78 is 0. The van der Waals surface area contributed by atoms with Crippen LogP contribution in [0.2, 0.25) is 0 Å². The molecule has 1 atom stereocenters. The highest BCUT2D eigenvalue weighted by atomic mass is 16.3. The van der Waals surface area contributed by atoms with E-state index in [2.05, 4.69) is 26.0 Å². The van der Waals surface area contributed by atoms with Gasteiger partial charge in [0.15, 0.2) is 0 Å². The van der Waals surface area contributed by atoms with Crippen LogP contribution in [0.3, 0.4) is 0 Å². The van der Waals surface area contributed by atoms with Gasteiger partial charge in [0, 0.05) is 6.42 Å². The summed E-state index contributed by atoms with van der Waals surface area (Å²) in [5.41, 5.74) is 9.12. The first-order chi connectivity index (χ1) is 9.55. The van der Waals surface area contributed by atoms with E-state index in [9.17, 15) is 5.11 Å². The minimum absolute atomic E-state index is 0.419. The Hall–Kier alpha value is -1.64. The maximum atomic E-state index is 10.5. The molecule has 0 bridgehead atoms. The van der Waals surface area contributed by atoms with Gasteiger partial charge in [-0.25, -0.2) is 0 Å². The SMILES string of the molecule is CCc1ccc(CC(N)(O)c2ccc(CC)cc2)cc1. The maximum Gasteiger partial charge on any atom is 0.143 e. The number of benzene rings is 2. The largest absolute Gasteiger partial charge is 0.371 e. The molecule has 2 rings (SSSR count). The first kappa shape index (κ1) is 14.8. The van der Waals surface area contributed by atoms with Crippen molar-refractivity contribution < 1.29 is 5.11 Å². The second-order valence-electron chi connectivity index (χ2n) is 5.32. The predicted molar refractivity (Wildman–Crippen MR) is 83.4 cm³/mol. The number of aliphatic hydroxyl groups is 1. The Balaban J connectivity index is 2.15. The molecule has 1 unspecified atom stereocenters. The van der Waals surface area contributed by atoms with Crippen LogP contribution in [-0.2, 0) is 25.0 Å². The molecule has 0 radical (unpaired) electrons. The molecule has 0 fully saturated rings. The fourth-order valence-electron chi connectivity index (χ4n) is 2.34. The van der Waals surface area contributed by atoms with E-state index >= 15 is 0 Å². The highest BCUT2D eigenvalue weighted by Crippen LogP contribution is 2.21. The molecule has 20 heavy (non-hydrogen) atoms. The lowest BCUT2D eigenvalue weighted by atomic mass is 9.94. The summed E-state index contributed by atoms with van der Waals surface area (Å²) in [4.78, 5) is 0. The summed E-state index contributed by atoms with van der Waals surface area (Å²) in [5.74, 6) is 0. The van der Waals surface area contributed by atoms with Crippen molar-refractivity contribution >= 4 is 0 Å². The zero-order valence-electron chi connectivity index (χ0n) is 12.3. The van der Waals surface area contributed by atoms with Crippen molar-refractivity contribution in [3.05, 3.63) is 70.8 Å². The molecule has 106 valence electrons. The van der Waals surface area contributed by atoms with Gasteiger partial charge >= 0.3 is 0 Å². The van der Waals surface area contributed by atoms with Crippen molar-refractivity contribution in [2.45, 2.75) is 38.8 Å². The normalized spacial score (nSPS) is 14.0. The summed E-state index contributed by atoms with van der Waals surface area (Å²) in [5, 5.41) is 10.5. The molecular formula is C18H23NO. The van der Waals surface area contributed by atoms with Crippen LogP contribution in [0, 0.1) is 0 Å². The van der Waals surface area contributed by atoms with Crippen LogP contribution >= 0.6 is 0 Å².